The van der Waals surface area contributed by atoms with Crippen LogP contribution in [0, 0.1) is 5.92 Å². The van der Waals surface area contributed by atoms with Crippen LogP contribution in [0.3, 0.4) is 0 Å². The van der Waals surface area contributed by atoms with Gasteiger partial charge in [0.25, 0.3) is 0 Å². The average Bonchev–Trinajstić information content (AvgIpc) is 2.25. The molecule has 0 rings (SSSR count). The van der Waals surface area contributed by atoms with Crippen LogP contribution < -0.4 is 4.72 Å². The Morgan fingerprint density at radius 2 is 1.88 bits per heavy atom. The van der Waals surface area contributed by atoms with Crippen molar-refractivity contribution in [1.29, 1.82) is 0 Å². The summed E-state index contributed by atoms with van der Waals surface area (Å²) in [5.41, 5.74) is 0. The van der Waals surface area contributed by atoms with Crippen LogP contribution in [0.4, 0.5) is 0 Å². The fourth-order valence-electron chi connectivity index (χ4n) is 1.44. The number of sulfonamides is 1. The van der Waals surface area contributed by atoms with Gasteiger partial charge in [0, 0.05) is 0 Å². The highest BCUT2D eigenvalue weighted by Gasteiger charge is 2.27. The molecule has 0 spiro atoms. The summed E-state index contributed by atoms with van der Waals surface area (Å²) in [5.74, 6) is -1.33. The first-order valence-electron chi connectivity index (χ1n) is 6.06. The minimum Gasteiger partial charge on any atom is -0.480 e. The van der Waals surface area contributed by atoms with E-state index < -0.39 is 22.0 Å². The molecule has 0 fully saturated rings. The number of unbranched alkanes of at least 4 members (excludes halogenated alkanes) is 2. The lowest BCUT2D eigenvalue weighted by Crippen LogP contribution is -2.45. The normalized spacial score (nSPS) is 15.5. The molecule has 0 aromatic rings. The van der Waals surface area contributed by atoms with Crippen molar-refractivity contribution in [2.75, 3.05) is 5.75 Å². The number of rotatable bonds is 9. The summed E-state index contributed by atoms with van der Waals surface area (Å²) in [6.45, 7) is 5.55. The van der Waals surface area contributed by atoms with Gasteiger partial charge in [0.15, 0.2) is 0 Å². The van der Waals surface area contributed by atoms with Gasteiger partial charge in [0.2, 0.25) is 10.0 Å². The lowest BCUT2D eigenvalue weighted by atomic mass is 10.0. The third kappa shape index (κ3) is 6.63. The maximum Gasteiger partial charge on any atom is 0.322 e. The van der Waals surface area contributed by atoms with E-state index in [0.29, 0.717) is 12.8 Å². The monoisotopic (exact) mass is 265 g/mol. The maximum absolute atomic E-state index is 11.7. The molecule has 2 N–H and O–H groups in total. The molecular formula is C11H23NO4S. The highest BCUT2D eigenvalue weighted by Crippen LogP contribution is 2.10. The average molecular weight is 265 g/mol. The third-order valence-corrected chi connectivity index (χ3v) is 4.24. The predicted octanol–water partition coefficient (Wildman–Crippen LogP) is 1.60. The van der Waals surface area contributed by atoms with Crippen LogP contribution in [0.2, 0.25) is 0 Å². The Balaban J connectivity index is 4.48. The largest absolute Gasteiger partial charge is 0.480 e. The molecule has 0 aromatic carbocycles. The number of nitrogens with one attached hydrogen (secondary N) is 1. The number of carboxylic acids is 1. The van der Waals surface area contributed by atoms with Crippen molar-refractivity contribution < 1.29 is 18.3 Å². The Bertz CT molecular complexity index is 326. The van der Waals surface area contributed by atoms with E-state index in [2.05, 4.69) is 4.72 Å². The van der Waals surface area contributed by atoms with Crippen molar-refractivity contribution in [1.82, 2.24) is 4.72 Å². The summed E-state index contributed by atoms with van der Waals surface area (Å²) >= 11 is 0. The molecule has 0 unspecified atom stereocenters. The van der Waals surface area contributed by atoms with Gasteiger partial charge in [-0.25, -0.2) is 13.1 Å². The van der Waals surface area contributed by atoms with E-state index in [1.165, 1.54) is 0 Å². The predicted molar refractivity (Wildman–Crippen MR) is 67.3 cm³/mol. The number of aliphatic carboxylic acids is 1. The molecule has 0 aromatic heterocycles. The van der Waals surface area contributed by atoms with Gasteiger partial charge in [-0.2, -0.15) is 0 Å². The van der Waals surface area contributed by atoms with Crippen molar-refractivity contribution in [3.8, 4) is 0 Å². The number of hydrogen-bond acceptors (Lipinski definition) is 3. The molecule has 0 bridgehead atoms. The highest BCUT2D eigenvalue weighted by atomic mass is 32.2. The fraction of sp³-hybridized carbons (Fsp3) is 0.909. The zero-order valence-corrected chi connectivity index (χ0v) is 11.6. The molecular weight excluding hydrogens is 242 g/mol. The van der Waals surface area contributed by atoms with Crippen molar-refractivity contribution >= 4 is 16.0 Å². The zero-order chi connectivity index (χ0) is 13.5. The first-order chi connectivity index (χ1) is 7.84. The second-order valence-corrected chi connectivity index (χ2v) is 6.22. The molecule has 0 amide bonds. The summed E-state index contributed by atoms with van der Waals surface area (Å²) in [5, 5.41) is 8.98. The summed E-state index contributed by atoms with van der Waals surface area (Å²) in [7, 11) is -3.48. The zero-order valence-electron chi connectivity index (χ0n) is 10.8. The maximum atomic E-state index is 11.7. The van der Waals surface area contributed by atoms with Crippen molar-refractivity contribution in [2.45, 2.75) is 52.5 Å². The lowest BCUT2D eigenvalue weighted by Gasteiger charge is -2.19. The lowest BCUT2D eigenvalue weighted by molar-refractivity contribution is -0.140. The van der Waals surface area contributed by atoms with Crippen LogP contribution in [0.25, 0.3) is 0 Å². The summed E-state index contributed by atoms with van der Waals surface area (Å²) < 4.78 is 25.6. The molecule has 2 atom stereocenters. The molecule has 0 aliphatic heterocycles. The molecule has 0 saturated carbocycles. The summed E-state index contributed by atoms with van der Waals surface area (Å²) in [6.07, 6.45) is 2.96. The third-order valence-electron chi connectivity index (χ3n) is 2.80. The smallest absolute Gasteiger partial charge is 0.322 e. The highest BCUT2D eigenvalue weighted by molar-refractivity contribution is 7.89. The van der Waals surface area contributed by atoms with E-state index in [9.17, 15) is 13.2 Å². The van der Waals surface area contributed by atoms with Gasteiger partial charge in [-0.15, -0.1) is 0 Å². The van der Waals surface area contributed by atoms with Crippen LogP contribution in [0.5, 0.6) is 0 Å². The second kappa shape index (κ2) is 7.66. The van der Waals surface area contributed by atoms with Crippen molar-refractivity contribution in [3.05, 3.63) is 0 Å². The van der Waals surface area contributed by atoms with Gasteiger partial charge >= 0.3 is 5.97 Å². The standard InChI is InChI=1S/C11H23NO4S/c1-4-6-7-8-17(15,16)12-10(11(13)14)9(3)5-2/h9-10,12H,4-8H2,1-3H3,(H,13,14)/t9-,10-/m0/s1. The van der Waals surface area contributed by atoms with Gasteiger partial charge in [-0.3, -0.25) is 4.79 Å². The molecule has 0 radical (unpaired) electrons. The SMILES string of the molecule is CCCCCS(=O)(=O)N[C@H](C(=O)O)[C@@H](C)CC. The van der Waals surface area contributed by atoms with Gasteiger partial charge in [0.1, 0.15) is 6.04 Å². The molecule has 5 nitrogen and oxygen atoms in total. The van der Waals surface area contributed by atoms with E-state index in [1.807, 2.05) is 13.8 Å². The van der Waals surface area contributed by atoms with Crippen molar-refractivity contribution in [3.63, 3.8) is 0 Å². The van der Waals surface area contributed by atoms with E-state index in [4.69, 9.17) is 5.11 Å². The summed E-state index contributed by atoms with van der Waals surface area (Å²) in [6, 6.07) is -1.02. The van der Waals surface area contributed by atoms with E-state index in [1.54, 1.807) is 6.92 Å². The molecule has 17 heavy (non-hydrogen) atoms. The van der Waals surface area contributed by atoms with Crippen LogP contribution in [-0.4, -0.2) is 31.3 Å². The van der Waals surface area contributed by atoms with Gasteiger partial charge in [-0.05, 0) is 12.3 Å². The Kier molecular flexibility index (Phi) is 7.38. The van der Waals surface area contributed by atoms with Gasteiger partial charge in [-0.1, -0.05) is 40.0 Å². The van der Waals surface area contributed by atoms with Crippen molar-refractivity contribution in [2.24, 2.45) is 5.92 Å². The molecule has 6 heteroatoms. The minimum absolute atomic E-state index is 0.00105. The van der Waals surface area contributed by atoms with E-state index in [-0.39, 0.29) is 11.7 Å². The summed E-state index contributed by atoms with van der Waals surface area (Å²) in [4.78, 5) is 11.0. The van der Waals surface area contributed by atoms with E-state index >= 15 is 0 Å². The topological polar surface area (TPSA) is 83.5 Å². The molecule has 0 saturated heterocycles. The molecule has 0 aliphatic carbocycles. The number of carboxylic acid groups (broad SMARTS) is 1. The number of carbonyl (C=O) groups is 1. The van der Waals surface area contributed by atoms with Crippen LogP contribution in [0.15, 0.2) is 0 Å². The van der Waals surface area contributed by atoms with Gasteiger partial charge in [0.05, 0.1) is 5.75 Å². The van der Waals surface area contributed by atoms with E-state index in [0.717, 1.165) is 12.8 Å². The fourth-order valence-corrected chi connectivity index (χ4v) is 2.86. The molecule has 102 valence electrons. The minimum atomic E-state index is -3.48. The second-order valence-electron chi connectivity index (χ2n) is 4.35. The van der Waals surface area contributed by atoms with Gasteiger partial charge < -0.3 is 5.11 Å². The Labute approximate surface area is 104 Å². The Hall–Kier alpha value is -0.620. The molecule has 0 aliphatic rings. The first kappa shape index (κ1) is 16.4. The Morgan fingerprint density at radius 3 is 2.29 bits per heavy atom. The molecule has 0 heterocycles. The first-order valence-corrected chi connectivity index (χ1v) is 7.72. The quantitative estimate of drug-likeness (QED) is 0.620. The number of hydrogen-bond donors (Lipinski definition) is 2. The van der Waals surface area contributed by atoms with Crippen LogP contribution in [-0.2, 0) is 14.8 Å². The van der Waals surface area contributed by atoms with Crippen LogP contribution in [0.1, 0.15) is 46.5 Å². The Morgan fingerprint density at radius 1 is 1.29 bits per heavy atom. The van der Waals surface area contributed by atoms with Crippen LogP contribution >= 0.6 is 0 Å².